The van der Waals surface area contributed by atoms with Crippen molar-refractivity contribution in [2.75, 3.05) is 0 Å². The van der Waals surface area contributed by atoms with Gasteiger partial charge in [-0.05, 0) is 13.1 Å². The molecule has 44 valence electrons. The first-order chi connectivity index (χ1) is 3.12. The van der Waals surface area contributed by atoms with E-state index in [1.807, 2.05) is 0 Å². The predicted octanol–water partition coefficient (Wildman–Crippen LogP) is -1.72. The van der Waals surface area contributed by atoms with Crippen LogP contribution in [0.1, 0.15) is 0 Å². The first-order valence-electron chi connectivity index (χ1n) is 2.22. The van der Waals surface area contributed by atoms with E-state index < -0.39 is 8.56 Å². The van der Waals surface area contributed by atoms with Gasteiger partial charge in [-0.2, -0.15) is 0 Å². The average molecular weight is 152 g/mol. The van der Waals surface area contributed by atoms with Crippen molar-refractivity contribution >= 4 is 29.5 Å². The van der Waals surface area contributed by atoms with Crippen molar-refractivity contribution in [3.8, 4) is 0 Å². The highest BCUT2D eigenvalue weighted by Gasteiger charge is 2.17. The molecule has 0 rings (SSSR count). The molecule has 0 aromatic heterocycles. The Kier molecular flexibility index (Phi) is 3.00. The average Bonchev–Trinajstić information content (AvgIpc) is 1.68. The summed E-state index contributed by atoms with van der Waals surface area (Å²) in [6, 6.07) is 0. The third-order valence-corrected chi connectivity index (χ3v) is 8.85. The van der Waals surface area contributed by atoms with E-state index in [1.54, 1.807) is 0 Å². The molecule has 0 saturated carbocycles. The fraction of sp³-hybridized carbons (Fsp3) is 1.00. The van der Waals surface area contributed by atoms with Gasteiger partial charge >= 0.3 is 8.56 Å². The standard InChI is InChI=1S/C2H12O2Si3/c1-7(2,3-5)4-6/h1-2,5-6H3. The van der Waals surface area contributed by atoms with Crippen LogP contribution in [-0.2, 0) is 8.23 Å². The normalized spacial score (nSPS) is 12.9. The summed E-state index contributed by atoms with van der Waals surface area (Å²) < 4.78 is 10.4. The zero-order valence-corrected chi connectivity index (χ0v) is 10.3. The molecule has 0 bridgehead atoms. The molecule has 0 heterocycles. The summed E-state index contributed by atoms with van der Waals surface area (Å²) >= 11 is 0. The van der Waals surface area contributed by atoms with Gasteiger partial charge in [-0.15, -0.1) is 0 Å². The van der Waals surface area contributed by atoms with E-state index in [-0.39, 0.29) is 0 Å². The summed E-state index contributed by atoms with van der Waals surface area (Å²) in [6.07, 6.45) is 0. The van der Waals surface area contributed by atoms with Crippen molar-refractivity contribution in [3.05, 3.63) is 0 Å². The van der Waals surface area contributed by atoms with Crippen LogP contribution >= 0.6 is 0 Å². The fourth-order valence-corrected chi connectivity index (χ4v) is 2.25. The van der Waals surface area contributed by atoms with Gasteiger partial charge < -0.3 is 8.23 Å². The van der Waals surface area contributed by atoms with Gasteiger partial charge in [0, 0.05) is 0 Å². The molecule has 0 N–H and O–H groups in total. The van der Waals surface area contributed by atoms with E-state index in [0.717, 1.165) is 21.0 Å². The Bertz CT molecular complexity index is 48.9. The van der Waals surface area contributed by atoms with Crippen LogP contribution in [0.2, 0.25) is 13.1 Å². The van der Waals surface area contributed by atoms with E-state index >= 15 is 0 Å². The summed E-state index contributed by atoms with van der Waals surface area (Å²) in [5, 5.41) is 0. The minimum Gasteiger partial charge on any atom is -0.445 e. The topological polar surface area (TPSA) is 18.5 Å². The van der Waals surface area contributed by atoms with Gasteiger partial charge in [-0.25, -0.2) is 0 Å². The number of rotatable bonds is 2. The molecule has 0 fully saturated rings. The lowest BCUT2D eigenvalue weighted by atomic mass is 11.9. The van der Waals surface area contributed by atoms with Crippen molar-refractivity contribution in [1.29, 1.82) is 0 Å². The SMILES string of the molecule is C[Si](C)(O[SiH3])O[SiH3]. The van der Waals surface area contributed by atoms with Gasteiger partial charge in [0.05, 0.1) is 0 Å². The van der Waals surface area contributed by atoms with E-state index in [2.05, 4.69) is 13.1 Å². The summed E-state index contributed by atoms with van der Waals surface area (Å²) in [4.78, 5) is 0. The maximum Gasteiger partial charge on any atom is 0.310 e. The van der Waals surface area contributed by atoms with Crippen LogP contribution in [0.25, 0.3) is 0 Å². The molecule has 0 aliphatic heterocycles. The highest BCUT2D eigenvalue weighted by molar-refractivity contribution is 6.70. The van der Waals surface area contributed by atoms with Crippen LogP contribution in [0.3, 0.4) is 0 Å². The van der Waals surface area contributed by atoms with E-state index in [0.29, 0.717) is 0 Å². The largest absolute Gasteiger partial charge is 0.445 e. The van der Waals surface area contributed by atoms with Gasteiger partial charge in [0.2, 0.25) is 0 Å². The Morgan fingerprint density at radius 2 is 1.43 bits per heavy atom. The Balaban J connectivity index is 3.36. The van der Waals surface area contributed by atoms with Gasteiger partial charge in [-0.3, -0.25) is 0 Å². The highest BCUT2D eigenvalue weighted by atomic mass is 28.4. The van der Waals surface area contributed by atoms with E-state index in [4.69, 9.17) is 8.23 Å². The van der Waals surface area contributed by atoms with E-state index in [1.165, 1.54) is 0 Å². The molecule has 0 aliphatic carbocycles. The zero-order valence-electron chi connectivity index (χ0n) is 5.32. The van der Waals surface area contributed by atoms with Crippen LogP contribution in [0.15, 0.2) is 0 Å². The molecule has 0 amide bonds. The maximum atomic E-state index is 5.18. The smallest absolute Gasteiger partial charge is 0.310 e. The third kappa shape index (κ3) is 3.18. The Morgan fingerprint density at radius 1 is 1.14 bits per heavy atom. The van der Waals surface area contributed by atoms with Gasteiger partial charge in [-0.1, -0.05) is 0 Å². The zero-order chi connectivity index (χ0) is 5.91. The monoisotopic (exact) mass is 152 g/mol. The Labute approximate surface area is 51.5 Å². The molecule has 0 atom stereocenters. The van der Waals surface area contributed by atoms with Crippen molar-refractivity contribution in [1.82, 2.24) is 0 Å². The number of hydrogen-bond donors (Lipinski definition) is 0. The summed E-state index contributed by atoms with van der Waals surface area (Å²) in [6.45, 7) is 4.12. The molecule has 2 nitrogen and oxygen atoms in total. The minimum atomic E-state index is -1.53. The minimum absolute atomic E-state index is 0.816. The Morgan fingerprint density at radius 3 is 1.43 bits per heavy atom. The lowest BCUT2D eigenvalue weighted by molar-refractivity contribution is 0.446. The molecular weight excluding hydrogens is 140 g/mol. The maximum absolute atomic E-state index is 5.18. The molecule has 0 saturated heterocycles. The molecule has 0 aromatic carbocycles. The second kappa shape index (κ2) is 2.78. The summed E-state index contributed by atoms with van der Waals surface area (Å²) in [5.41, 5.74) is 0. The fourth-order valence-electron chi connectivity index (χ4n) is 0.0833. The van der Waals surface area contributed by atoms with Crippen molar-refractivity contribution in [3.63, 3.8) is 0 Å². The second-order valence-electron chi connectivity index (χ2n) is 1.81. The van der Waals surface area contributed by atoms with Crippen LogP contribution in [0, 0.1) is 0 Å². The predicted molar refractivity (Wildman–Crippen MR) is 39.5 cm³/mol. The molecule has 0 aromatic rings. The molecular formula is C2H12O2Si3. The summed E-state index contributed by atoms with van der Waals surface area (Å²) in [5.74, 6) is 0. The first-order valence-corrected chi connectivity index (χ1v) is 6.67. The van der Waals surface area contributed by atoms with Crippen LogP contribution in [-0.4, -0.2) is 29.5 Å². The van der Waals surface area contributed by atoms with Crippen molar-refractivity contribution in [2.24, 2.45) is 0 Å². The lowest BCUT2D eigenvalue weighted by Crippen LogP contribution is -2.32. The van der Waals surface area contributed by atoms with Crippen LogP contribution in [0.4, 0.5) is 0 Å². The summed E-state index contributed by atoms with van der Waals surface area (Å²) in [7, 11) is 0.104. The molecule has 0 aliphatic rings. The Hall–Kier alpha value is 0.571. The third-order valence-electron chi connectivity index (χ3n) is 0.983. The van der Waals surface area contributed by atoms with E-state index in [9.17, 15) is 0 Å². The second-order valence-corrected chi connectivity index (χ2v) is 7.87. The van der Waals surface area contributed by atoms with Crippen LogP contribution in [0.5, 0.6) is 0 Å². The molecule has 0 unspecified atom stereocenters. The van der Waals surface area contributed by atoms with Crippen molar-refractivity contribution in [2.45, 2.75) is 13.1 Å². The number of hydrogen-bond acceptors (Lipinski definition) is 2. The first kappa shape index (κ1) is 7.57. The van der Waals surface area contributed by atoms with Crippen LogP contribution < -0.4 is 0 Å². The molecule has 0 radical (unpaired) electrons. The van der Waals surface area contributed by atoms with Gasteiger partial charge in [0.15, 0.2) is 0 Å². The quantitative estimate of drug-likeness (QED) is 0.439. The molecule has 5 heteroatoms. The van der Waals surface area contributed by atoms with Gasteiger partial charge in [0.25, 0.3) is 0 Å². The molecule has 0 spiro atoms. The highest BCUT2D eigenvalue weighted by Crippen LogP contribution is 1.98. The van der Waals surface area contributed by atoms with Gasteiger partial charge in [0.1, 0.15) is 21.0 Å². The van der Waals surface area contributed by atoms with Crippen molar-refractivity contribution < 1.29 is 8.23 Å². The molecule has 7 heavy (non-hydrogen) atoms. The lowest BCUT2D eigenvalue weighted by Gasteiger charge is -2.17.